The van der Waals surface area contributed by atoms with Crippen molar-refractivity contribution in [2.24, 2.45) is 17.3 Å². The standard InChI is InChI=1S/C14H23NO4/c1-10(2)4-3-7-19-12(16)14-5-6-15(13(17)18)9-11(14)8-14/h10-11H,3-9H2,1-2H3,(H,17,18). The van der Waals surface area contributed by atoms with Crippen LogP contribution in [0.4, 0.5) is 4.79 Å². The van der Waals surface area contributed by atoms with Crippen molar-refractivity contribution >= 4 is 12.1 Å². The van der Waals surface area contributed by atoms with E-state index in [0.29, 0.717) is 32.0 Å². The highest BCUT2D eigenvalue weighted by Crippen LogP contribution is 2.58. The number of fused-ring (bicyclic) bond motifs is 1. The largest absolute Gasteiger partial charge is 0.465 e. The first-order chi connectivity index (χ1) is 8.95. The van der Waals surface area contributed by atoms with Crippen molar-refractivity contribution < 1.29 is 19.4 Å². The predicted molar refractivity (Wildman–Crippen MR) is 69.8 cm³/mol. The molecule has 1 heterocycles. The Morgan fingerprint density at radius 1 is 1.47 bits per heavy atom. The minimum Gasteiger partial charge on any atom is -0.465 e. The smallest absolute Gasteiger partial charge is 0.407 e. The highest BCUT2D eigenvalue weighted by atomic mass is 16.5. The number of amides is 1. The average molecular weight is 269 g/mol. The van der Waals surface area contributed by atoms with Gasteiger partial charge in [0.25, 0.3) is 0 Å². The van der Waals surface area contributed by atoms with E-state index < -0.39 is 6.09 Å². The molecule has 1 N–H and O–H groups in total. The van der Waals surface area contributed by atoms with Gasteiger partial charge in [-0.25, -0.2) is 4.79 Å². The van der Waals surface area contributed by atoms with Crippen molar-refractivity contribution in [2.45, 2.75) is 39.5 Å². The lowest BCUT2D eigenvalue weighted by atomic mass is 9.95. The molecule has 2 rings (SSSR count). The first-order valence-electron chi connectivity index (χ1n) is 7.11. The zero-order valence-electron chi connectivity index (χ0n) is 11.7. The van der Waals surface area contributed by atoms with Crippen LogP contribution in [0.5, 0.6) is 0 Å². The Morgan fingerprint density at radius 3 is 2.79 bits per heavy atom. The predicted octanol–water partition coefficient (Wildman–Crippen LogP) is 2.36. The van der Waals surface area contributed by atoms with Crippen LogP contribution < -0.4 is 0 Å². The van der Waals surface area contributed by atoms with Gasteiger partial charge < -0.3 is 14.7 Å². The number of carboxylic acid groups (broad SMARTS) is 1. The number of ether oxygens (including phenoxy) is 1. The highest BCUT2D eigenvalue weighted by molar-refractivity contribution is 5.81. The third kappa shape index (κ3) is 3.01. The second-order valence-electron chi connectivity index (χ2n) is 6.21. The molecule has 0 aromatic carbocycles. The van der Waals surface area contributed by atoms with Crippen molar-refractivity contribution in [1.82, 2.24) is 4.90 Å². The number of nitrogens with zero attached hydrogens (tertiary/aromatic N) is 1. The Labute approximate surface area is 113 Å². The van der Waals surface area contributed by atoms with E-state index in [1.54, 1.807) is 0 Å². The van der Waals surface area contributed by atoms with Gasteiger partial charge in [0.2, 0.25) is 0 Å². The maximum absolute atomic E-state index is 12.1. The van der Waals surface area contributed by atoms with Crippen molar-refractivity contribution in [3.63, 3.8) is 0 Å². The summed E-state index contributed by atoms with van der Waals surface area (Å²) in [5.41, 5.74) is -0.357. The second kappa shape index (κ2) is 5.39. The molecule has 5 heteroatoms. The van der Waals surface area contributed by atoms with E-state index in [1.807, 2.05) is 0 Å². The lowest BCUT2D eigenvalue weighted by Crippen LogP contribution is -2.41. The van der Waals surface area contributed by atoms with E-state index in [1.165, 1.54) is 4.90 Å². The molecule has 19 heavy (non-hydrogen) atoms. The van der Waals surface area contributed by atoms with Gasteiger partial charge in [-0.3, -0.25) is 4.79 Å². The number of carbonyl (C=O) groups excluding carboxylic acids is 1. The van der Waals surface area contributed by atoms with Crippen molar-refractivity contribution in [3.8, 4) is 0 Å². The molecule has 0 spiro atoms. The van der Waals surface area contributed by atoms with E-state index in [0.717, 1.165) is 19.3 Å². The van der Waals surface area contributed by atoms with Gasteiger partial charge in [-0.05, 0) is 37.5 Å². The Bertz CT molecular complexity index is 368. The van der Waals surface area contributed by atoms with Gasteiger partial charge in [-0.2, -0.15) is 0 Å². The molecule has 5 nitrogen and oxygen atoms in total. The molecule has 0 aromatic rings. The van der Waals surface area contributed by atoms with Crippen LogP contribution in [0.25, 0.3) is 0 Å². The fraction of sp³-hybridized carbons (Fsp3) is 0.857. The number of hydrogen-bond acceptors (Lipinski definition) is 3. The monoisotopic (exact) mass is 269 g/mol. The van der Waals surface area contributed by atoms with E-state index in [9.17, 15) is 9.59 Å². The first kappa shape index (κ1) is 14.2. The fourth-order valence-electron chi connectivity index (χ4n) is 2.94. The number of carbonyl (C=O) groups is 2. The molecule has 2 aliphatic rings. The number of piperidine rings is 1. The van der Waals surface area contributed by atoms with Gasteiger partial charge in [0, 0.05) is 13.1 Å². The van der Waals surface area contributed by atoms with Crippen LogP contribution in [0.1, 0.15) is 39.5 Å². The third-order valence-corrected chi connectivity index (χ3v) is 4.34. The molecule has 1 aliphatic heterocycles. The summed E-state index contributed by atoms with van der Waals surface area (Å²) in [6.45, 7) is 5.73. The second-order valence-corrected chi connectivity index (χ2v) is 6.21. The Kier molecular flexibility index (Phi) is 4.02. The van der Waals surface area contributed by atoms with Crippen LogP contribution >= 0.6 is 0 Å². The quantitative estimate of drug-likeness (QED) is 0.614. The summed E-state index contributed by atoms with van der Waals surface area (Å²) in [5.74, 6) is 0.700. The Morgan fingerprint density at radius 2 is 2.21 bits per heavy atom. The fourth-order valence-corrected chi connectivity index (χ4v) is 2.94. The molecule has 2 unspecified atom stereocenters. The number of rotatable bonds is 5. The Balaban J connectivity index is 1.75. The van der Waals surface area contributed by atoms with E-state index in [4.69, 9.17) is 9.84 Å². The highest BCUT2D eigenvalue weighted by Gasteiger charge is 2.63. The van der Waals surface area contributed by atoms with Gasteiger partial charge >= 0.3 is 12.1 Å². The Hall–Kier alpha value is -1.26. The van der Waals surface area contributed by atoms with Gasteiger partial charge in [-0.1, -0.05) is 13.8 Å². The van der Waals surface area contributed by atoms with Gasteiger partial charge in [0.1, 0.15) is 0 Å². The third-order valence-electron chi connectivity index (χ3n) is 4.34. The molecule has 2 fully saturated rings. The van der Waals surface area contributed by atoms with Crippen molar-refractivity contribution in [1.29, 1.82) is 0 Å². The van der Waals surface area contributed by atoms with E-state index in [-0.39, 0.29) is 17.3 Å². The average Bonchev–Trinajstić information content (AvgIpc) is 3.08. The summed E-state index contributed by atoms with van der Waals surface area (Å²) in [6.07, 6.45) is 2.50. The van der Waals surface area contributed by atoms with Gasteiger partial charge in [0.15, 0.2) is 0 Å². The zero-order chi connectivity index (χ0) is 14.0. The molecule has 1 aliphatic carbocycles. The van der Waals surface area contributed by atoms with Crippen LogP contribution in [-0.2, 0) is 9.53 Å². The molecule has 1 amide bonds. The normalized spacial score (nSPS) is 29.0. The van der Waals surface area contributed by atoms with Crippen LogP contribution in [0.15, 0.2) is 0 Å². The number of esters is 1. The van der Waals surface area contributed by atoms with Crippen molar-refractivity contribution in [2.75, 3.05) is 19.7 Å². The molecule has 2 atom stereocenters. The minimum absolute atomic E-state index is 0.105. The van der Waals surface area contributed by atoms with E-state index >= 15 is 0 Å². The van der Waals surface area contributed by atoms with Crippen LogP contribution in [0, 0.1) is 17.3 Å². The molecule has 0 bridgehead atoms. The van der Waals surface area contributed by atoms with Gasteiger partial charge in [-0.15, -0.1) is 0 Å². The summed E-state index contributed by atoms with van der Waals surface area (Å²) in [4.78, 5) is 24.4. The maximum Gasteiger partial charge on any atom is 0.407 e. The minimum atomic E-state index is -0.884. The maximum atomic E-state index is 12.1. The lowest BCUT2D eigenvalue weighted by Gasteiger charge is -2.28. The summed E-state index contributed by atoms with van der Waals surface area (Å²) < 4.78 is 5.37. The zero-order valence-corrected chi connectivity index (χ0v) is 11.7. The summed E-state index contributed by atoms with van der Waals surface area (Å²) in [7, 11) is 0. The van der Waals surface area contributed by atoms with Crippen LogP contribution in [0.3, 0.4) is 0 Å². The summed E-state index contributed by atoms with van der Waals surface area (Å²) >= 11 is 0. The lowest BCUT2D eigenvalue weighted by molar-refractivity contribution is -0.152. The number of hydrogen-bond donors (Lipinski definition) is 1. The van der Waals surface area contributed by atoms with Crippen LogP contribution in [0.2, 0.25) is 0 Å². The summed E-state index contributed by atoms with van der Waals surface area (Å²) in [6, 6.07) is 0. The summed E-state index contributed by atoms with van der Waals surface area (Å²) in [5, 5.41) is 8.93. The molecule has 0 radical (unpaired) electrons. The molecule has 0 aromatic heterocycles. The molecular formula is C14H23NO4. The molecule has 108 valence electrons. The SMILES string of the molecule is CC(C)CCCOC(=O)C12CCN(C(=O)O)CC1C2. The van der Waals surface area contributed by atoms with E-state index in [2.05, 4.69) is 13.8 Å². The molecule has 1 saturated carbocycles. The first-order valence-corrected chi connectivity index (χ1v) is 7.11. The van der Waals surface area contributed by atoms with Crippen molar-refractivity contribution in [3.05, 3.63) is 0 Å². The number of likely N-dealkylation sites (tertiary alicyclic amines) is 1. The molecular weight excluding hydrogens is 246 g/mol. The van der Waals surface area contributed by atoms with Gasteiger partial charge in [0.05, 0.1) is 12.0 Å². The topological polar surface area (TPSA) is 66.8 Å². The molecule has 1 saturated heterocycles. The van der Waals surface area contributed by atoms with Crippen LogP contribution in [-0.4, -0.2) is 41.8 Å².